The van der Waals surface area contributed by atoms with Gasteiger partial charge in [0.15, 0.2) is 0 Å². The highest BCUT2D eigenvalue weighted by Crippen LogP contribution is 2.29. The molecule has 0 fully saturated rings. The third-order valence-corrected chi connectivity index (χ3v) is 4.31. The first-order valence-electron chi connectivity index (χ1n) is 6.24. The molecule has 0 radical (unpaired) electrons. The van der Waals surface area contributed by atoms with E-state index in [1.807, 2.05) is 21.2 Å². The maximum Gasteiger partial charge on any atom is 0.214 e. The lowest BCUT2D eigenvalue weighted by atomic mass is 9.98. The minimum absolute atomic E-state index is 0.0159. The fourth-order valence-electron chi connectivity index (χ4n) is 2.03. The van der Waals surface area contributed by atoms with Crippen molar-refractivity contribution in [3.8, 4) is 0 Å². The quantitative estimate of drug-likeness (QED) is 0.200. The van der Waals surface area contributed by atoms with Crippen molar-refractivity contribution in [2.75, 3.05) is 10.5 Å². The van der Waals surface area contributed by atoms with Crippen LogP contribution < -0.4 is 10.5 Å². The van der Waals surface area contributed by atoms with E-state index in [2.05, 4.69) is 9.71 Å². The van der Waals surface area contributed by atoms with Gasteiger partial charge >= 0.3 is 0 Å². The number of nitrogens with zero attached hydrogens (tertiary/aromatic N) is 1. The molecule has 0 bridgehead atoms. The Balaban J connectivity index is 2.65. The predicted molar refractivity (Wildman–Crippen MR) is 101 cm³/mol. The zero-order valence-electron chi connectivity index (χ0n) is 11.8. The third-order valence-electron chi connectivity index (χ3n) is 3.17. The van der Waals surface area contributed by atoms with E-state index in [1.54, 1.807) is 13.0 Å². The van der Waals surface area contributed by atoms with Gasteiger partial charge in [-0.2, -0.15) is 0 Å². The van der Waals surface area contributed by atoms with Crippen molar-refractivity contribution in [1.82, 2.24) is 4.98 Å². The zero-order chi connectivity index (χ0) is 17.1. The molecular formula is C14H11ClFIN4OS. The molecule has 9 heteroatoms. The first-order chi connectivity index (χ1) is 10.9. The molecule has 4 N–H and O–H groups in total. The Morgan fingerprint density at radius 2 is 2.26 bits per heavy atom. The second-order valence-corrected chi connectivity index (χ2v) is 6.63. The number of hydrogen-bond donors (Lipinski definition) is 3. The first kappa shape index (κ1) is 18.0. The van der Waals surface area contributed by atoms with Crippen LogP contribution in [0.15, 0.2) is 18.2 Å². The molecule has 0 saturated carbocycles. The summed E-state index contributed by atoms with van der Waals surface area (Å²) in [5, 5.41) is 7.66. The van der Waals surface area contributed by atoms with Gasteiger partial charge in [-0.1, -0.05) is 11.6 Å². The van der Waals surface area contributed by atoms with E-state index in [0.717, 1.165) is 21.4 Å². The summed E-state index contributed by atoms with van der Waals surface area (Å²) in [5.74, 6) is -1.08. The zero-order valence-corrected chi connectivity index (χ0v) is 15.5. The summed E-state index contributed by atoms with van der Waals surface area (Å²) in [5.41, 5.74) is 7.02. The van der Waals surface area contributed by atoms with Gasteiger partial charge in [-0.3, -0.25) is 4.79 Å². The van der Waals surface area contributed by atoms with Gasteiger partial charge in [-0.25, -0.2) is 9.37 Å². The monoisotopic (exact) mass is 464 g/mol. The van der Waals surface area contributed by atoms with Gasteiger partial charge in [0.2, 0.25) is 5.78 Å². The maximum atomic E-state index is 13.9. The Kier molecular flexibility index (Phi) is 5.82. The van der Waals surface area contributed by atoms with E-state index < -0.39 is 11.6 Å². The molecule has 0 aliphatic heterocycles. The molecule has 0 aliphatic carbocycles. The Morgan fingerprint density at radius 3 is 2.87 bits per heavy atom. The van der Waals surface area contributed by atoms with E-state index in [1.165, 1.54) is 6.07 Å². The summed E-state index contributed by atoms with van der Waals surface area (Å²) < 4.78 is 16.6. The van der Waals surface area contributed by atoms with Crippen LogP contribution in [-0.4, -0.2) is 17.0 Å². The van der Waals surface area contributed by atoms with E-state index in [-0.39, 0.29) is 33.3 Å². The number of aromatic nitrogens is 1. The van der Waals surface area contributed by atoms with Crippen LogP contribution in [-0.2, 0) is 0 Å². The van der Waals surface area contributed by atoms with Gasteiger partial charge in [0.25, 0.3) is 0 Å². The number of aryl methyl sites for hydroxylation is 1. The number of hydrogen-bond acceptors (Lipinski definition) is 6. The van der Waals surface area contributed by atoms with Gasteiger partial charge in [-0.15, -0.1) is 0 Å². The predicted octanol–water partition coefficient (Wildman–Crippen LogP) is 4.40. The summed E-state index contributed by atoms with van der Waals surface area (Å²) in [7, 11) is 1.13. The highest BCUT2D eigenvalue weighted by molar-refractivity contribution is 14.2. The Labute approximate surface area is 153 Å². The standard InChI is InChI=1S/C14H11ClFIN4OS/c1-6-4-10(15)20-13(11(6)19)14(22)7-2-3-9(16)12(21-23-17)8(7)5-18/h2-5,18,21H,19H2,1H3. The summed E-state index contributed by atoms with van der Waals surface area (Å²) in [4.78, 5) is 16.7. The molecule has 5 nitrogen and oxygen atoms in total. The number of carbonyl (C=O) groups excluding carboxylic acids is 1. The second-order valence-electron chi connectivity index (χ2n) is 4.56. The molecule has 2 aromatic rings. The summed E-state index contributed by atoms with van der Waals surface area (Å²) >= 11 is 7.82. The minimum Gasteiger partial charge on any atom is -0.397 e. The number of rotatable bonds is 5. The lowest BCUT2D eigenvalue weighted by molar-refractivity contribution is 0.103. The smallest absolute Gasteiger partial charge is 0.214 e. The van der Waals surface area contributed by atoms with Crippen molar-refractivity contribution < 1.29 is 9.18 Å². The van der Waals surface area contributed by atoms with Crippen LogP contribution in [0.25, 0.3) is 0 Å². The SMILES string of the molecule is Cc1cc(Cl)nc(C(=O)c2ccc(F)c(NSI)c2C=N)c1N. The molecule has 1 aromatic heterocycles. The van der Waals surface area contributed by atoms with Crippen LogP contribution in [0, 0.1) is 18.2 Å². The summed E-state index contributed by atoms with van der Waals surface area (Å²) in [6.45, 7) is 1.71. The van der Waals surface area contributed by atoms with Gasteiger partial charge in [0.05, 0.1) is 11.4 Å². The number of anilines is 2. The van der Waals surface area contributed by atoms with Crippen LogP contribution in [0.4, 0.5) is 15.8 Å². The average Bonchev–Trinajstić information content (AvgIpc) is 2.52. The number of pyridine rings is 1. The van der Waals surface area contributed by atoms with E-state index in [9.17, 15) is 9.18 Å². The molecular weight excluding hydrogens is 454 g/mol. The van der Waals surface area contributed by atoms with E-state index >= 15 is 0 Å². The lowest BCUT2D eigenvalue weighted by Crippen LogP contribution is -2.13. The van der Waals surface area contributed by atoms with E-state index in [4.69, 9.17) is 22.7 Å². The van der Waals surface area contributed by atoms with Crippen molar-refractivity contribution in [2.45, 2.75) is 6.92 Å². The molecule has 23 heavy (non-hydrogen) atoms. The number of nitrogens with two attached hydrogens (primary N) is 1. The Morgan fingerprint density at radius 1 is 1.57 bits per heavy atom. The molecule has 120 valence electrons. The highest BCUT2D eigenvalue weighted by Gasteiger charge is 2.22. The summed E-state index contributed by atoms with van der Waals surface area (Å²) in [6, 6.07) is 4.01. The van der Waals surface area contributed by atoms with Crippen LogP contribution in [0.5, 0.6) is 0 Å². The van der Waals surface area contributed by atoms with Crippen LogP contribution in [0.2, 0.25) is 5.15 Å². The first-order valence-corrected chi connectivity index (χ1v) is 9.98. The fourth-order valence-corrected chi connectivity index (χ4v) is 3.22. The second kappa shape index (κ2) is 7.45. The van der Waals surface area contributed by atoms with Gasteiger partial charge in [0, 0.05) is 47.7 Å². The molecule has 1 aromatic carbocycles. The maximum absolute atomic E-state index is 13.9. The molecule has 0 amide bonds. The average molecular weight is 465 g/mol. The van der Waals surface area contributed by atoms with Crippen molar-refractivity contribution >= 4 is 65.3 Å². The van der Waals surface area contributed by atoms with Crippen molar-refractivity contribution in [3.63, 3.8) is 0 Å². The van der Waals surface area contributed by atoms with Crippen molar-refractivity contribution in [1.29, 1.82) is 5.41 Å². The normalized spacial score (nSPS) is 10.4. The van der Waals surface area contributed by atoms with E-state index in [0.29, 0.717) is 5.56 Å². The number of ketones is 1. The number of halogens is 3. The minimum atomic E-state index is -0.563. The fraction of sp³-hybridized carbons (Fsp3) is 0.0714. The number of carbonyl (C=O) groups is 1. The van der Waals surface area contributed by atoms with Gasteiger partial charge in [0.1, 0.15) is 16.7 Å². The summed E-state index contributed by atoms with van der Waals surface area (Å²) in [6.07, 6.45) is 0.916. The molecule has 0 aliphatic rings. The highest BCUT2D eigenvalue weighted by atomic mass is 127. The lowest BCUT2D eigenvalue weighted by Gasteiger charge is -2.13. The van der Waals surface area contributed by atoms with Gasteiger partial charge < -0.3 is 15.9 Å². The van der Waals surface area contributed by atoms with Crippen molar-refractivity contribution in [3.05, 3.63) is 51.6 Å². The molecule has 0 unspecified atom stereocenters. The van der Waals surface area contributed by atoms with Crippen LogP contribution >= 0.6 is 41.9 Å². The Bertz CT molecular complexity index is 803. The molecule has 2 rings (SSSR count). The topological polar surface area (TPSA) is 91.9 Å². The number of nitrogens with one attached hydrogen (secondary N) is 2. The number of nitrogen functional groups attached to an aromatic ring is 1. The number of benzene rings is 1. The molecule has 1 heterocycles. The molecule has 0 spiro atoms. The molecule has 0 atom stereocenters. The van der Waals surface area contributed by atoms with Crippen LogP contribution in [0.3, 0.4) is 0 Å². The van der Waals surface area contributed by atoms with Gasteiger partial charge in [-0.05, 0) is 30.7 Å². The Hall–Kier alpha value is -1.39. The largest absolute Gasteiger partial charge is 0.397 e. The third kappa shape index (κ3) is 3.59. The van der Waals surface area contributed by atoms with Crippen molar-refractivity contribution in [2.24, 2.45) is 0 Å². The van der Waals surface area contributed by atoms with Crippen LogP contribution in [0.1, 0.15) is 27.2 Å². The molecule has 0 saturated heterocycles.